The van der Waals surface area contributed by atoms with Crippen LogP contribution >= 0.6 is 11.6 Å². The third-order valence-electron chi connectivity index (χ3n) is 3.76. The molecule has 0 aromatic heterocycles. The topological polar surface area (TPSA) is 38.8 Å². The maximum Gasteiger partial charge on any atom is 0.339 e. The Morgan fingerprint density at radius 2 is 2.20 bits per heavy atom. The molecule has 2 rings (SSSR count). The Morgan fingerprint density at radius 1 is 1.50 bits per heavy atom. The van der Waals surface area contributed by atoms with Crippen molar-refractivity contribution in [2.45, 2.75) is 30.9 Å². The van der Waals surface area contributed by atoms with Crippen LogP contribution in [0.1, 0.15) is 30.1 Å². The lowest BCUT2D eigenvalue weighted by molar-refractivity contribution is 0.0107. The molecule has 1 saturated heterocycles. The molecule has 0 bridgehead atoms. The van der Waals surface area contributed by atoms with Crippen molar-refractivity contribution in [2.75, 3.05) is 25.7 Å². The maximum absolute atomic E-state index is 11.9. The highest BCUT2D eigenvalue weighted by Crippen LogP contribution is 2.38. The minimum atomic E-state index is -0.540. The molecule has 2 unspecified atom stereocenters. The largest absolute Gasteiger partial charge is 0.465 e. The van der Waals surface area contributed by atoms with E-state index in [0.29, 0.717) is 25.0 Å². The van der Waals surface area contributed by atoms with Crippen molar-refractivity contribution in [3.8, 4) is 0 Å². The van der Waals surface area contributed by atoms with Crippen LogP contribution in [-0.2, 0) is 9.47 Å². The molecule has 4 nitrogen and oxygen atoms in total. The summed E-state index contributed by atoms with van der Waals surface area (Å²) in [4.78, 5) is 13.3. The van der Waals surface area contributed by atoms with E-state index < -0.39 is 5.00 Å². The Morgan fingerprint density at radius 3 is 2.85 bits per heavy atom. The summed E-state index contributed by atoms with van der Waals surface area (Å²) in [5.41, 5.74) is 1.31. The first-order valence-corrected chi connectivity index (χ1v) is 7.07. The molecule has 0 N–H and O–H groups in total. The van der Waals surface area contributed by atoms with E-state index in [1.54, 1.807) is 6.07 Å². The van der Waals surface area contributed by atoms with Crippen molar-refractivity contribution in [3.05, 3.63) is 29.8 Å². The molecule has 2 atom stereocenters. The van der Waals surface area contributed by atoms with Crippen LogP contribution in [0.25, 0.3) is 0 Å². The third-order valence-corrected chi connectivity index (χ3v) is 4.36. The number of rotatable bonds is 3. The van der Waals surface area contributed by atoms with E-state index in [1.807, 2.05) is 37.1 Å². The number of ether oxygens (including phenoxy) is 2. The van der Waals surface area contributed by atoms with Crippen LogP contribution < -0.4 is 4.90 Å². The fraction of sp³-hybridized carbons (Fsp3) is 0.533. The molecule has 0 radical (unpaired) electrons. The monoisotopic (exact) mass is 297 g/mol. The van der Waals surface area contributed by atoms with E-state index in [0.717, 1.165) is 5.69 Å². The molecule has 1 aliphatic rings. The number of anilines is 1. The van der Waals surface area contributed by atoms with E-state index in [-0.39, 0.29) is 12.1 Å². The number of hydrogen-bond acceptors (Lipinski definition) is 4. The smallest absolute Gasteiger partial charge is 0.339 e. The molecule has 1 aliphatic heterocycles. The molecule has 1 fully saturated rings. The van der Waals surface area contributed by atoms with Gasteiger partial charge >= 0.3 is 5.97 Å². The van der Waals surface area contributed by atoms with E-state index in [4.69, 9.17) is 21.1 Å². The zero-order chi connectivity index (χ0) is 14.8. The minimum Gasteiger partial charge on any atom is -0.465 e. The Bertz CT molecular complexity index is 494. The normalized spacial score (nSPS) is 26.1. The number of carbonyl (C=O) groups excluding carboxylic acids is 1. The van der Waals surface area contributed by atoms with Gasteiger partial charge in [0.1, 0.15) is 5.00 Å². The van der Waals surface area contributed by atoms with Crippen LogP contribution in [0.5, 0.6) is 0 Å². The number of benzene rings is 1. The van der Waals surface area contributed by atoms with E-state index in [1.165, 1.54) is 7.11 Å². The fourth-order valence-corrected chi connectivity index (χ4v) is 2.97. The van der Waals surface area contributed by atoms with Crippen LogP contribution in [0.2, 0.25) is 0 Å². The summed E-state index contributed by atoms with van der Waals surface area (Å²) in [6.45, 7) is 2.63. The van der Waals surface area contributed by atoms with Crippen molar-refractivity contribution >= 4 is 23.3 Å². The second-order valence-electron chi connectivity index (χ2n) is 5.12. The molecule has 1 aromatic carbocycles. The zero-order valence-corrected chi connectivity index (χ0v) is 12.8. The molecular weight excluding hydrogens is 278 g/mol. The highest BCUT2D eigenvalue weighted by atomic mass is 35.5. The molecule has 0 aliphatic carbocycles. The number of carbonyl (C=O) groups is 1. The van der Waals surface area contributed by atoms with Crippen LogP contribution in [0.4, 0.5) is 5.69 Å². The lowest BCUT2D eigenvalue weighted by Gasteiger charge is -2.43. The fourth-order valence-electron chi connectivity index (χ4n) is 2.59. The lowest BCUT2D eigenvalue weighted by atomic mass is 10.00. The summed E-state index contributed by atoms with van der Waals surface area (Å²) in [6.07, 6.45) is 1.53. The third kappa shape index (κ3) is 2.91. The quantitative estimate of drug-likeness (QED) is 0.488. The summed E-state index contributed by atoms with van der Waals surface area (Å²) < 4.78 is 10.4. The van der Waals surface area contributed by atoms with Crippen LogP contribution in [-0.4, -0.2) is 37.8 Å². The molecule has 0 spiro atoms. The number of alkyl halides is 1. The van der Waals surface area contributed by atoms with Crippen LogP contribution in [0.3, 0.4) is 0 Å². The number of hydrogen-bond donors (Lipinski definition) is 0. The van der Waals surface area contributed by atoms with Gasteiger partial charge in [-0.15, -0.1) is 0 Å². The van der Waals surface area contributed by atoms with Crippen LogP contribution in [0, 0.1) is 0 Å². The van der Waals surface area contributed by atoms with E-state index in [2.05, 4.69) is 0 Å². The summed E-state index contributed by atoms with van der Waals surface area (Å²) in [5.74, 6) is -0.354. The summed E-state index contributed by atoms with van der Waals surface area (Å²) >= 11 is 6.77. The van der Waals surface area contributed by atoms with Crippen molar-refractivity contribution in [3.63, 3.8) is 0 Å². The number of esters is 1. The van der Waals surface area contributed by atoms with Gasteiger partial charge in [-0.1, -0.05) is 23.7 Å². The Hall–Kier alpha value is -1.26. The standard InChI is InChI=1S/C15H20ClNO3/c1-11-10-15(16,8-9-20-11)17(2)13-7-5-4-6-12(13)14(18)19-3/h4-7,11H,8-10H2,1-3H3. The average Bonchev–Trinajstić information content (AvgIpc) is 2.45. The Labute approximate surface area is 124 Å². The Kier molecular flexibility index (Phi) is 4.55. The first-order chi connectivity index (χ1) is 9.48. The van der Waals surface area contributed by atoms with E-state index in [9.17, 15) is 4.79 Å². The zero-order valence-electron chi connectivity index (χ0n) is 12.1. The van der Waals surface area contributed by atoms with Gasteiger partial charge in [0, 0.05) is 19.9 Å². The van der Waals surface area contributed by atoms with Gasteiger partial charge in [0.25, 0.3) is 0 Å². The first-order valence-electron chi connectivity index (χ1n) is 6.69. The molecule has 20 heavy (non-hydrogen) atoms. The van der Waals surface area contributed by atoms with Gasteiger partial charge in [-0.05, 0) is 19.1 Å². The summed E-state index contributed by atoms with van der Waals surface area (Å²) in [5, 5.41) is 0. The highest BCUT2D eigenvalue weighted by Gasteiger charge is 2.38. The lowest BCUT2D eigenvalue weighted by Crippen LogP contribution is -2.48. The van der Waals surface area contributed by atoms with Gasteiger partial charge in [-0.25, -0.2) is 4.79 Å². The predicted molar refractivity (Wildman–Crippen MR) is 79.4 cm³/mol. The molecule has 0 saturated carbocycles. The van der Waals surface area contributed by atoms with Crippen LogP contribution in [0.15, 0.2) is 24.3 Å². The molecular formula is C15H20ClNO3. The minimum absolute atomic E-state index is 0.106. The number of halogens is 1. The second-order valence-corrected chi connectivity index (χ2v) is 5.82. The summed E-state index contributed by atoms with van der Waals surface area (Å²) in [6, 6.07) is 7.34. The summed E-state index contributed by atoms with van der Waals surface area (Å²) in [7, 11) is 3.29. The van der Waals surface area contributed by atoms with Crippen molar-refractivity contribution in [1.29, 1.82) is 0 Å². The van der Waals surface area contributed by atoms with Gasteiger partial charge < -0.3 is 14.4 Å². The van der Waals surface area contributed by atoms with Gasteiger partial charge in [0.2, 0.25) is 0 Å². The van der Waals surface area contributed by atoms with E-state index >= 15 is 0 Å². The first kappa shape index (κ1) is 15.1. The number of methoxy groups -OCH3 is 1. The van der Waals surface area contributed by atoms with Gasteiger partial charge in [-0.3, -0.25) is 0 Å². The average molecular weight is 298 g/mol. The van der Waals surface area contributed by atoms with Crippen molar-refractivity contribution in [2.24, 2.45) is 0 Å². The number of para-hydroxylation sites is 1. The molecule has 1 aromatic rings. The van der Waals surface area contributed by atoms with Gasteiger partial charge in [-0.2, -0.15) is 0 Å². The van der Waals surface area contributed by atoms with Crippen molar-refractivity contribution < 1.29 is 14.3 Å². The maximum atomic E-state index is 11.9. The second kappa shape index (κ2) is 6.02. The molecule has 5 heteroatoms. The van der Waals surface area contributed by atoms with Gasteiger partial charge in [0.15, 0.2) is 0 Å². The Balaban J connectivity index is 2.33. The predicted octanol–water partition coefficient (Wildman–Crippen LogP) is 3.04. The molecule has 1 heterocycles. The molecule has 0 amide bonds. The van der Waals surface area contributed by atoms with Crippen molar-refractivity contribution in [1.82, 2.24) is 0 Å². The van der Waals surface area contributed by atoms with Gasteiger partial charge in [0.05, 0.1) is 31.1 Å². The molecule has 110 valence electrons. The SMILES string of the molecule is COC(=O)c1ccccc1N(C)C1(Cl)CCOC(C)C1. The highest BCUT2D eigenvalue weighted by molar-refractivity contribution is 6.25. The number of nitrogens with zero attached hydrogens (tertiary/aromatic N) is 1.